The lowest BCUT2D eigenvalue weighted by molar-refractivity contribution is 0.232. The molecule has 1 aromatic rings. The first-order chi connectivity index (χ1) is 9.45. The summed E-state index contributed by atoms with van der Waals surface area (Å²) in [5.74, 6) is 3.70. The average molecular weight is 278 g/mol. The van der Waals surface area contributed by atoms with Crippen LogP contribution in [0.4, 0.5) is 0 Å². The van der Waals surface area contributed by atoms with Crippen LogP contribution in [0, 0.1) is 18.8 Å². The Labute approximate surface area is 123 Å². The molecule has 0 saturated carbocycles. The molecule has 1 aliphatic rings. The van der Waals surface area contributed by atoms with Crippen molar-refractivity contribution in [1.29, 1.82) is 0 Å². The van der Waals surface area contributed by atoms with E-state index in [2.05, 4.69) is 50.9 Å². The number of hydrogen-bond acceptors (Lipinski definition) is 3. The third-order valence-electron chi connectivity index (χ3n) is 4.18. The molecule has 1 N–H and O–H groups in total. The molecule has 0 aliphatic carbocycles. The van der Waals surface area contributed by atoms with Crippen molar-refractivity contribution < 1.29 is 4.42 Å². The second kappa shape index (κ2) is 6.77. The first-order valence-electron chi connectivity index (χ1n) is 7.98. The molecule has 0 bridgehead atoms. The van der Waals surface area contributed by atoms with Gasteiger partial charge in [-0.1, -0.05) is 20.8 Å². The van der Waals surface area contributed by atoms with Crippen LogP contribution in [0.1, 0.15) is 51.2 Å². The summed E-state index contributed by atoms with van der Waals surface area (Å²) in [6.45, 7) is 15.3. The van der Waals surface area contributed by atoms with Crippen LogP contribution in [0.5, 0.6) is 0 Å². The van der Waals surface area contributed by atoms with Gasteiger partial charge in [0, 0.05) is 12.6 Å². The largest absolute Gasteiger partial charge is 0.463 e. The summed E-state index contributed by atoms with van der Waals surface area (Å²) >= 11 is 0. The predicted octanol–water partition coefficient (Wildman–Crippen LogP) is 3.56. The van der Waals surface area contributed by atoms with Crippen molar-refractivity contribution in [3.63, 3.8) is 0 Å². The van der Waals surface area contributed by atoms with Crippen molar-refractivity contribution in [2.45, 2.75) is 60.2 Å². The predicted molar refractivity (Wildman–Crippen MR) is 83.6 cm³/mol. The molecule has 20 heavy (non-hydrogen) atoms. The fourth-order valence-electron chi connectivity index (χ4n) is 3.12. The average Bonchev–Trinajstić information content (AvgIpc) is 2.83. The zero-order valence-corrected chi connectivity index (χ0v) is 13.7. The summed E-state index contributed by atoms with van der Waals surface area (Å²) in [4.78, 5) is 2.54. The number of nitrogens with zero attached hydrogens (tertiary/aromatic N) is 1. The van der Waals surface area contributed by atoms with Crippen molar-refractivity contribution >= 4 is 0 Å². The number of rotatable bonds is 6. The monoisotopic (exact) mass is 278 g/mol. The van der Waals surface area contributed by atoms with Gasteiger partial charge in [0.15, 0.2) is 0 Å². The third kappa shape index (κ3) is 4.10. The molecule has 114 valence electrons. The summed E-state index contributed by atoms with van der Waals surface area (Å²) in [6.07, 6.45) is 1.31. The van der Waals surface area contributed by atoms with Crippen molar-refractivity contribution in [2.75, 3.05) is 13.1 Å². The Hall–Kier alpha value is -0.800. The van der Waals surface area contributed by atoms with Crippen LogP contribution >= 0.6 is 0 Å². The molecule has 2 rings (SSSR count). The fraction of sp³-hybridized carbons (Fsp3) is 0.765. The highest BCUT2D eigenvalue weighted by Gasteiger charge is 2.26. The Bertz CT molecular complexity index is 425. The van der Waals surface area contributed by atoms with Gasteiger partial charge in [-0.2, -0.15) is 0 Å². The van der Waals surface area contributed by atoms with Crippen LogP contribution in [-0.4, -0.2) is 24.0 Å². The number of furan rings is 1. The van der Waals surface area contributed by atoms with Crippen molar-refractivity contribution in [3.05, 3.63) is 23.2 Å². The zero-order chi connectivity index (χ0) is 14.7. The van der Waals surface area contributed by atoms with Crippen molar-refractivity contribution in [2.24, 2.45) is 11.8 Å². The molecule has 1 saturated heterocycles. The molecule has 2 unspecified atom stereocenters. The van der Waals surface area contributed by atoms with Crippen LogP contribution in [0.2, 0.25) is 0 Å². The minimum absolute atomic E-state index is 0.677. The quantitative estimate of drug-likeness (QED) is 0.862. The summed E-state index contributed by atoms with van der Waals surface area (Å²) in [5, 5.41) is 3.46. The zero-order valence-electron chi connectivity index (χ0n) is 13.7. The Balaban J connectivity index is 1.90. The number of aryl methyl sites for hydroxylation is 1. The topological polar surface area (TPSA) is 28.4 Å². The maximum absolute atomic E-state index is 6.04. The molecule has 1 aliphatic heterocycles. The summed E-state index contributed by atoms with van der Waals surface area (Å²) in [6, 6.07) is 2.89. The van der Waals surface area contributed by atoms with Crippen LogP contribution < -0.4 is 5.32 Å². The van der Waals surface area contributed by atoms with Gasteiger partial charge in [0.2, 0.25) is 0 Å². The molecule has 2 heterocycles. The number of likely N-dealkylation sites (tertiary alicyclic amines) is 1. The van der Waals surface area contributed by atoms with E-state index in [9.17, 15) is 0 Å². The van der Waals surface area contributed by atoms with E-state index in [1.165, 1.54) is 18.5 Å². The van der Waals surface area contributed by atoms with E-state index in [0.29, 0.717) is 12.0 Å². The highest BCUT2D eigenvalue weighted by atomic mass is 16.3. The second-order valence-electron chi connectivity index (χ2n) is 6.96. The molecule has 1 fully saturated rings. The van der Waals surface area contributed by atoms with Crippen LogP contribution in [0.3, 0.4) is 0 Å². The van der Waals surface area contributed by atoms with E-state index >= 15 is 0 Å². The van der Waals surface area contributed by atoms with E-state index in [1.807, 2.05) is 0 Å². The van der Waals surface area contributed by atoms with Gasteiger partial charge in [0.25, 0.3) is 0 Å². The minimum atomic E-state index is 0.677. The lowest BCUT2D eigenvalue weighted by Crippen LogP contribution is -2.26. The number of nitrogens with one attached hydrogen (secondary N) is 1. The van der Waals surface area contributed by atoms with Crippen molar-refractivity contribution in [1.82, 2.24) is 10.2 Å². The standard InChI is InChI=1S/C17H30N2O/c1-12(2)8-18-9-17-14(4)7-16(20-17)11-19-10-13(3)6-15(19)5/h7,12-13,15,18H,6,8-11H2,1-5H3. The molecule has 2 atom stereocenters. The first-order valence-corrected chi connectivity index (χ1v) is 7.98. The molecule has 0 aromatic carbocycles. The van der Waals surface area contributed by atoms with Gasteiger partial charge in [-0.05, 0) is 50.3 Å². The summed E-state index contributed by atoms with van der Waals surface area (Å²) in [7, 11) is 0. The maximum Gasteiger partial charge on any atom is 0.120 e. The molecule has 3 heteroatoms. The van der Waals surface area contributed by atoms with Gasteiger partial charge in [-0.15, -0.1) is 0 Å². The fourth-order valence-corrected chi connectivity index (χ4v) is 3.12. The molecule has 0 amide bonds. The van der Waals surface area contributed by atoms with Crippen LogP contribution in [0.25, 0.3) is 0 Å². The maximum atomic E-state index is 6.04. The van der Waals surface area contributed by atoms with E-state index in [0.717, 1.165) is 37.1 Å². The lowest BCUT2D eigenvalue weighted by Gasteiger charge is -2.19. The Morgan fingerprint density at radius 2 is 2.15 bits per heavy atom. The van der Waals surface area contributed by atoms with E-state index < -0.39 is 0 Å². The van der Waals surface area contributed by atoms with E-state index in [1.54, 1.807) is 0 Å². The van der Waals surface area contributed by atoms with Gasteiger partial charge in [0.1, 0.15) is 11.5 Å². The van der Waals surface area contributed by atoms with Gasteiger partial charge in [-0.3, -0.25) is 4.90 Å². The SMILES string of the molecule is Cc1cc(CN2CC(C)CC2C)oc1CNCC(C)C. The third-order valence-corrected chi connectivity index (χ3v) is 4.18. The van der Waals surface area contributed by atoms with Gasteiger partial charge >= 0.3 is 0 Å². The summed E-state index contributed by atoms with van der Waals surface area (Å²) in [5.41, 5.74) is 1.27. The second-order valence-corrected chi connectivity index (χ2v) is 6.96. The molecular formula is C17H30N2O. The van der Waals surface area contributed by atoms with Gasteiger partial charge in [-0.25, -0.2) is 0 Å². The van der Waals surface area contributed by atoms with Gasteiger partial charge < -0.3 is 9.73 Å². The lowest BCUT2D eigenvalue weighted by atomic mass is 10.1. The van der Waals surface area contributed by atoms with E-state index in [4.69, 9.17) is 4.42 Å². The normalized spacial score (nSPS) is 23.9. The highest BCUT2D eigenvalue weighted by molar-refractivity contribution is 5.20. The first kappa shape index (κ1) is 15.6. The van der Waals surface area contributed by atoms with Gasteiger partial charge in [0.05, 0.1) is 13.1 Å². The highest BCUT2D eigenvalue weighted by Crippen LogP contribution is 2.25. The van der Waals surface area contributed by atoms with Crippen molar-refractivity contribution in [3.8, 4) is 0 Å². The molecule has 0 spiro atoms. The molecule has 3 nitrogen and oxygen atoms in total. The van der Waals surface area contributed by atoms with E-state index in [-0.39, 0.29) is 0 Å². The molecule has 0 radical (unpaired) electrons. The summed E-state index contributed by atoms with van der Waals surface area (Å²) < 4.78 is 6.04. The Kier molecular flexibility index (Phi) is 5.28. The molecule has 1 aromatic heterocycles. The number of hydrogen-bond donors (Lipinski definition) is 1. The Morgan fingerprint density at radius 3 is 2.75 bits per heavy atom. The van der Waals surface area contributed by atoms with Crippen LogP contribution in [-0.2, 0) is 13.1 Å². The van der Waals surface area contributed by atoms with Crippen LogP contribution in [0.15, 0.2) is 10.5 Å². The minimum Gasteiger partial charge on any atom is -0.463 e. The smallest absolute Gasteiger partial charge is 0.120 e. The Morgan fingerprint density at radius 1 is 1.40 bits per heavy atom. The molecular weight excluding hydrogens is 248 g/mol.